The zero-order chi connectivity index (χ0) is 23.0. The molecule has 170 valence electrons. The van der Waals surface area contributed by atoms with Crippen molar-refractivity contribution in [1.82, 2.24) is 14.7 Å². The highest BCUT2D eigenvalue weighted by Crippen LogP contribution is 2.23. The SMILES string of the molecule is CCCCc1ccc(C(=O)N(CCCC)CC(=O)Nc2cc(C(C)(C)C)nn2C)cc1. The summed E-state index contributed by atoms with van der Waals surface area (Å²) in [6, 6.07) is 9.68. The molecule has 1 heterocycles. The van der Waals surface area contributed by atoms with Crippen molar-refractivity contribution in [1.29, 1.82) is 0 Å². The van der Waals surface area contributed by atoms with Crippen molar-refractivity contribution in [2.75, 3.05) is 18.4 Å². The number of aryl methyl sites for hydroxylation is 2. The predicted octanol–water partition coefficient (Wildman–Crippen LogP) is 4.94. The lowest BCUT2D eigenvalue weighted by Crippen LogP contribution is -2.38. The van der Waals surface area contributed by atoms with Crippen molar-refractivity contribution < 1.29 is 9.59 Å². The molecule has 0 saturated heterocycles. The van der Waals surface area contributed by atoms with Crippen molar-refractivity contribution in [2.24, 2.45) is 7.05 Å². The molecule has 2 aromatic rings. The summed E-state index contributed by atoms with van der Waals surface area (Å²) in [6.07, 6.45) is 5.12. The second-order valence-corrected chi connectivity index (χ2v) is 9.22. The van der Waals surface area contributed by atoms with Crippen LogP contribution in [0.25, 0.3) is 0 Å². The molecule has 0 atom stereocenters. The smallest absolute Gasteiger partial charge is 0.254 e. The van der Waals surface area contributed by atoms with E-state index in [0.717, 1.165) is 37.8 Å². The second kappa shape index (κ2) is 11.1. The fourth-order valence-corrected chi connectivity index (χ4v) is 3.29. The maximum atomic E-state index is 13.1. The molecular weight excluding hydrogens is 388 g/mol. The average Bonchev–Trinajstić information content (AvgIpc) is 3.10. The molecule has 0 saturated carbocycles. The highest BCUT2D eigenvalue weighted by molar-refractivity contribution is 5.99. The van der Waals surface area contributed by atoms with Crippen LogP contribution in [0.5, 0.6) is 0 Å². The number of hydrogen-bond acceptors (Lipinski definition) is 3. The van der Waals surface area contributed by atoms with Crippen LogP contribution in [0.2, 0.25) is 0 Å². The lowest BCUT2D eigenvalue weighted by molar-refractivity contribution is -0.117. The van der Waals surface area contributed by atoms with Gasteiger partial charge in [-0.05, 0) is 37.0 Å². The van der Waals surface area contributed by atoms with Crippen LogP contribution >= 0.6 is 0 Å². The Labute approximate surface area is 187 Å². The van der Waals surface area contributed by atoms with Gasteiger partial charge in [0.15, 0.2) is 0 Å². The van der Waals surface area contributed by atoms with Gasteiger partial charge >= 0.3 is 0 Å². The zero-order valence-corrected chi connectivity index (χ0v) is 20.0. The minimum Gasteiger partial charge on any atom is -0.329 e. The Hall–Kier alpha value is -2.63. The van der Waals surface area contributed by atoms with Crippen molar-refractivity contribution >= 4 is 17.6 Å². The van der Waals surface area contributed by atoms with Crippen LogP contribution in [0.4, 0.5) is 5.82 Å². The lowest BCUT2D eigenvalue weighted by atomic mass is 9.92. The van der Waals surface area contributed by atoms with Gasteiger partial charge in [-0.25, -0.2) is 0 Å². The van der Waals surface area contributed by atoms with Gasteiger partial charge in [0.05, 0.1) is 5.69 Å². The summed E-state index contributed by atoms with van der Waals surface area (Å²) in [6.45, 7) is 11.1. The van der Waals surface area contributed by atoms with Crippen LogP contribution in [0.15, 0.2) is 30.3 Å². The van der Waals surface area contributed by atoms with Crippen LogP contribution in [0, 0.1) is 0 Å². The number of anilines is 1. The van der Waals surface area contributed by atoms with Crippen molar-refractivity contribution in [2.45, 2.75) is 72.1 Å². The topological polar surface area (TPSA) is 67.2 Å². The first kappa shape index (κ1) is 24.6. The maximum Gasteiger partial charge on any atom is 0.254 e. The number of rotatable bonds is 10. The molecule has 6 nitrogen and oxygen atoms in total. The van der Waals surface area contributed by atoms with Gasteiger partial charge in [-0.15, -0.1) is 0 Å². The van der Waals surface area contributed by atoms with Gasteiger partial charge in [0.2, 0.25) is 5.91 Å². The molecule has 0 bridgehead atoms. The Morgan fingerprint density at radius 1 is 1.06 bits per heavy atom. The molecule has 0 aliphatic rings. The van der Waals surface area contributed by atoms with Crippen LogP contribution in [0.3, 0.4) is 0 Å². The van der Waals surface area contributed by atoms with E-state index in [1.54, 1.807) is 9.58 Å². The Bertz CT molecular complexity index is 863. The molecule has 0 radical (unpaired) electrons. The summed E-state index contributed by atoms with van der Waals surface area (Å²) in [7, 11) is 1.81. The van der Waals surface area contributed by atoms with Crippen LogP contribution < -0.4 is 5.32 Å². The Kier molecular flexibility index (Phi) is 8.84. The monoisotopic (exact) mass is 426 g/mol. The Balaban J connectivity index is 2.09. The quantitative estimate of drug-likeness (QED) is 0.585. The predicted molar refractivity (Wildman–Crippen MR) is 126 cm³/mol. The first-order valence-corrected chi connectivity index (χ1v) is 11.4. The highest BCUT2D eigenvalue weighted by Gasteiger charge is 2.22. The van der Waals surface area contributed by atoms with E-state index in [-0.39, 0.29) is 23.8 Å². The molecule has 2 amide bonds. The van der Waals surface area contributed by atoms with E-state index in [9.17, 15) is 9.59 Å². The van der Waals surface area contributed by atoms with Gasteiger partial charge in [-0.3, -0.25) is 14.3 Å². The van der Waals surface area contributed by atoms with Gasteiger partial charge in [0.1, 0.15) is 12.4 Å². The van der Waals surface area contributed by atoms with Gasteiger partial charge in [0.25, 0.3) is 5.91 Å². The van der Waals surface area contributed by atoms with E-state index in [0.29, 0.717) is 17.9 Å². The summed E-state index contributed by atoms with van der Waals surface area (Å²) in [5, 5.41) is 7.41. The van der Waals surface area contributed by atoms with Crippen molar-refractivity contribution in [3.63, 3.8) is 0 Å². The largest absolute Gasteiger partial charge is 0.329 e. The van der Waals surface area contributed by atoms with E-state index in [1.807, 2.05) is 37.4 Å². The van der Waals surface area contributed by atoms with Crippen molar-refractivity contribution in [3.05, 3.63) is 47.2 Å². The number of hydrogen-bond donors (Lipinski definition) is 1. The molecule has 0 aliphatic heterocycles. The van der Waals surface area contributed by atoms with Gasteiger partial charge < -0.3 is 10.2 Å². The average molecular weight is 427 g/mol. The van der Waals surface area contributed by atoms with Gasteiger partial charge in [0, 0.05) is 30.6 Å². The van der Waals surface area contributed by atoms with Crippen LogP contribution in [-0.4, -0.2) is 39.6 Å². The van der Waals surface area contributed by atoms with E-state index >= 15 is 0 Å². The zero-order valence-electron chi connectivity index (χ0n) is 20.0. The fourth-order valence-electron chi connectivity index (χ4n) is 3.29. The third-order valence-corrected chi connectivity index (χ3v) is 5.34. The molecule has 1 aromatic heterocycles. The maximum absolute atomic E-state index is 13.1. The molecule has 2 rings (SSSR count). The van der Waals surface area contributed by atoms with E-state index in [1.165, 1.54) is 5.56 Å². The summed E-state index contributed by atoms with van der Waals surface area (Å²) in [5.41, 5.74) is 2.67. The summed E-state index contributed by atoms with van der Waals surface area (Å²) in [5.74, 6) is 0.316. The summed E-state index contributed by atoms with van der Waals surface area (Å²) in [4.78, 5) is 27.5. The molecule has 0 aliphatic carbocycles. The van der Waals surface area contributed by atoms with Crippen molar-refractivity contribution in [3.8, 4) is 0 Å². The number of nitrogens with one attached hydrogen (secondary N) is 1. The molecule has 1 N–H and O–H groups in total. The number of benzene rings is 1. The first-order valence-electron chi connectivity index (χ1n) is 11.4. The Morgan fingerprint density at radius 3 is 2.26 bits per heavy atom. The Morgan fingerprint density at radius 2 is 1.71 bits per heavy atom. The summed E-state index contributed by atoms with van der Waals surface area (Å²) >= 11 is 0. The molecule has 0 fully saturated rings. The van der Waals surface area contributed by atoms with Crippen LogP contribution in [-0.2, 0) is 23.7 Å². The third kappa shape index (κ3) is 7.23. The number of unbranched alkanes of at least 4 members (excludes halogenated alkanes) is 2. The molecule has 0 unspecified atom stereocenters. The number of nitrogens with zero attached hydrogens (tertiary/aromatic N) is 3. The minimum absolute atomic E-state index is 0.0203. The fraction of sp³-hybridized carbons (Fsp3) is 0.560. The number of amides is 2. The molecule has 31 heavy (non-hydrogen) atoms. The number of aromatic nitrogens is 2. The highest BCUT2D eigenvalue weighted by atomic mass is 16.2. The van der Waals surface area contributed by atoms with E-state index in [4.69, 9.17) is 0 Å². The first-order chi connectivity index (χ1) is 14.7. The van der Waals surface area contributed by atoms with E-state index < -0.39 is 0 Å². The standard InChI is InChI=1S/C25H38N4O2/c1-7-9-11-19-12-14-20(15-13-19)24(31)29(16-10-8-2)18-23(30)26-22-17-21(25(3,4)5)27-28(22)6/h12-15,17H,7-11,16,18H2,1-6H3,(H,26,30). The molecule has 1 aromatic carbocycles. The molecule has 6 heteroatoms. The van der Waals surface area contributed by atoms with E-state index in [2.05, 4.69) is 45.0 Å². The minimum atomic E-state index is -0.215. The van der Waals surface area contributed by atoms with Gasteiger partial charge in [-0.1, -0.05) is 59.6 Å². The molecular formula is C25H38N4O2. The summed E-state index contributed by atoms with van der Waals surface area (Å²) < 4.78 is 1.67. The second-order valence-electron chi connectivity index (χ2n) is 9.22. The van der Waals surface area contributed by atoms with Gasteiger partial charge in [-0.2, -0.15) is 5.10 Å². The number of carbonyl (C=O) groups excluding carboxylic acids is 2. The lowest BCUT2D eigenvalue weighted by Gasteiger charge is -2.22. The third-order valence-electron chi connectivity index (χ3n) is 5.34. The van der Waals surface area contributed by atoms with Crippen LogP contribution in [0.1, 0.15) is 81.9 Å². The normalized spacial score (nSPS) is 11.4. The number of carbonyl (C=O) groups is 2. The molecule has 0 spiro atoms.